The molecule has 0 bridgehead atoms. The van der Waals surface area contributed by atoms with Gasteiger partial charge in [-0.1, -0.05) is 18.7 Å². The van der Waals surface area contributed by atoms with Crippen molar-refractivity contribution < 1.29 is 9.18 Å². The largest absolute Gasteiger partial charge is 0.368 e. The summed E-state index contributed by atoms with van der Waals surface area (Å²) in [6.07, 6.45) is 3.57. The number of nitrogens with one attached hydrogen (secondary N) is 2. The second-order valence-corrected chi connectivity index (χ2v) is 7.46. The first-order valence-electron chi connectivity index (χ1n) is 9.06. The molecule has 3 aromatic heterocycles. The highest BCUT2D eigenvalue weighted by atomic mass is 32.2. The van der Waals surface area contributed by atoms with Gasteiger partial charge >= 0.3 is 0 Å². The highest BCUT2D eigenvalue weighted by molar-refractivity contribution is 8.00. The molecular weight excluding hydrogens is 407 g/mol. The molecule has 0 aliphatic heterocycles. The lowest BCUT2D eigenvalue weighted by atomic mass is 10.1. The Morgan fingerprint density at radius 3 is 2.77 bits per heavy atom. The van der Waals surface area contributed by atoms with Crippen LogP contribution in [0.3, 0.4) is 0 Å². The second kappa shape index (κ2) is 8.41. The van der Waals surface area contributed by atoms with Crippen molar-refractivity contribution in [3.63, 3.8) is 0 Å². The van der Waals surface area contributed by atoms with E-state index in [1.165, 1.54) is 36.4 Å². The Balaban J connectivity index is 1.53. The Morgan fingerprint density at radius 2 is 2.00 bits per heavy atom. The van der Waals surface area contributed by atoms with Crippen molar-refractivity contribution in [2.45, 2.75) is 23.6 Å². The lowest BCUT2D eigenvalue weighted by Gasteiger charge is -2.14. The third-order valence-corrected chi connectivity index (χ3v) is 5.57. The van der Waals surface area contributed by atoms with Gasteiger partial charge in [0, 0.05) is 11.8 Å². The first-order valence-corrected chi connectivity index (χ1v) is 9.94. The van der Waals surface area contributed by atoms with Crippen molar-refractivity contribution in [2.24, 2.45) is 0 Å². The second-order valence-electron chi connectivity index (χ2n) is 6.26. The lowest BCUT2D eigenvalue weighted by molar-refractivity contribution is -0.115. The average Bonchev–Trinajstić information content (AvgIpc) is 3.21. The summed E-state index contributed by atoms with van der Waals surface area (Å²) in [5, 5.41) is 2.81. The number of nitrogens with zero attached hydrogens (tertiary/aromatic N) is 5. The zero-order valence-corrected chi connectivity index (χ0v) is 16.7. The van der Waals surface area contributed by atoms with Crippen molar-refractivity contribution in [3.8, 4) is 11.3 Å². The fourth-order valence-electron chi connectivity index (χ4n) is 2.76. The number of nitrogens with two attached hydrogens (primary N) is 1. The quantitative estimate of drug-likeness (QED) is 0.317. The third-order valence-electron chi connectivity index (χ3n) is 4.22. The average molecular weight is 424 g/mol. The number of H-pyrrole nitrogens is 1. The van der Waals surface area contributed by atoms with Gasteiger partial charge in [0.2, 0.25) is 17.8 Å². The molecule has 11 heteroatoms. The van der Waals surface area contributed by atoms with Crippen LogP contribution in [0.2, 0.25) is 0 Å². The summed E-state index contributed by atoms with van der Waals surface area (Å²) >= 11 is 1.25. The molecule has 0 aliphatic rings. The maximum atomic E-state index is 13.1. The van der Waals surface area contributed by atoms with E-state index >= 15 is 0 Å². The van der Waals surface area contributed by atoms with Gasteiger partial charge in [0.15, 0.2) is 5.65 Å². The van der Waals surface area contributed by atoms with Crippen LogP contribution in [0.4, 0.5) is 16.3 Å². The third kappa shape index (κ3) is 4.20. The molecule has 152 valence electrons. The number of thioether (sulfide) groups is 1. The fraction of sp³-hybridized carbons (Fsp3) is 0.158. The van der Waals surface area contributed by atoms with E-state index in [4.69, 9.17) is 5.73 Å². The summed E-state index contributed by atoms with van der Waals surface area (Å²) in [4.78, 5) is 36.6. The van der Waals surface area contributed by atoms with Crippen molar-refractivity contribution in [2.75, 3.05) is 11.1 Å². The molecule has 1 amide bonds. The van der Waals surface area contributed by atoms with Gasteiger partial charge < -0.3 is 10.7 Å². The van der Waals surface area contributed by atoms with Crippen LogP contribution in [0.15, 0.2) is 47.9 Å². The number of anilines is 2. The Labute approximate surface area is 174 Å². The van der Waals surface area contributed by atoms with Crippen LogP contribution in [0.25, 0.3) is 22.4 Å². The summed E-state index contributed by atoms with van der Waals surface area (Å²) in [6.45, 7) is 1.89. The number of hydrogen-bond donors (Lipinski definition) is 3. The van der Waals surface area contributed by atoms with Crippen molar-refractivity contribution >= 4 is 40.7 Å². The van der Waals surface area contributed by atoms with E-state index < -0.39 is 5.25 Å². The topological polar surface area (TPSA) is 135 Å². The number of aromatic nitrogens is 6. The molecule has 0 unspecified atom stereocenters. The van der Waals surface area contributed by atoms with E-state index in [9.17, 15) is 9.18 Å². The van der Waals surface area contributed by atoms with E-state index in [2.05, 4.69) is 35.2 Å². The van der Waals surface area contributed by atoms with Crippen molar-refractivity contribution in [3.05, 3.63) is 48.7 Å². The molecule has 4 aromatic rings. The van der Waals surface area contributed by atoms with Gasteiger partial charge in [0.05, 0.1) is 17.3 Å². The number of imidazole rings is 1. The van der Waals surface area contributed by atoms with Crippen molar-refractivity contribution in [1.29, 1.82) is 0 Å². The predicted octanol–water partition coefficient (Wildman–Crippen LogP) is 3.04. The monoisotopic (exact) mass is 424 g/mol. The van der Waals surface area contributed by atoms with E-state index in [0.717, 1.165) is 0 Å². The molecule has 1 atom stereocenters. The highest BCUT2D eigenvalue weighted by Gasteiger charge is 2.22. The van der Waals surface area contributed by atoms with E-state index in [0.29, 0.717) is 33.9 Å². The fourth-order valence-corrected chi connectivity index (χ4v) is 3.77. The highest BCUT2D eigenvalue weighted by Crippen LogP contribution is 2.29. The van der Waals surface area contributed by atoms with E-state index in [1.807, 2.05) is 6.92 Å². The van der Waals surface area contributed by atoms with Crippen LogP contribution < -0.4 is 11.1 Å². The Hall–Kier alpha value is -3.60. The van der Waals surface area contributed by atoms with Crippen LogP contribution in [0.1, 0.15) is 13.3 Å². The number of halogens is 1. The number of carbonyl (C=O) groups is 1. The molecule has 9 nitrogen and oxygen atoms in total. The molecule has 1 aromatic carbocycles. The standard InChI is InChI=1S/C19H17FN8OS/c1-2-13(30-17-14-15(24-9-23-14)26-18(21)28-17)16(29)27-19-22-8-7-12(25-19)10-3-5-11(20)6-4-10/h3-9,13H,2H2,1H3,(H,22,25,27,29)(H3,21,23,24,26,28)/t13-/m1/s1. The number of fused-ring (bicyclic) bond motifs is 1. The molecule has 0 saturated heterocycles. The SMILES string of the molecule is CC[C@@H](Sc1nc(N)nc2nc[nH]c12)C(=O)Nc1nccc(-c2ccc(F)cc2)n1. The maximum Gasteiger partial charge on any atom is 0.240 e. The summed E-state index contributed by atoms with van der Waals surface area (Å²) in [5.41, 5.74) is 8.10. The summed E-state index contributed by atoms with van der Waals surface area (Å²) in [7, 11) is 0. The zero-order valence-electron chi connectivity index (χ0n) is 15.8. The molecule has 3 heterocycles. The van der Waals surface area contributed by atoms with Crippen LogP contribution in [0, 0.1) is 5.82 Å². The molecule has 4 N–H and O–H groups in total. The summed E-state index contributed by atoms with van der Waals surface area (Å²) < 4.78 is 13.1. The van der Waals surface area contributed by atoms with Crippen LogP contribution >= 0.6 is 11.8 Å². The molecule has 0 fully saturated rings. The van der Waals surface area contributed by atoms with E-state index in [-0.39, 0.29) is 23.6 Å². The maximum absolute atomic E-state index is 13.1. The van der Waals surface area contributed by atoms with Gasteiger partial charge in [-0.15, -0.1) is 0 Å². The molecule has 0 radical (unpaired) electrons. The minimum Gasteiger partial charge on any atom is -0.368 e. The number of carbonyl (C=O) groups excluding carboxylic acids is 1. The molecule has 30 heavy (non-hydrogen) atoms. The normalized spacial score (nSPS) is 12.1. The smallest absolute Gasteiger partial charge is 0.240 e. The molecule has 0 saturated carbocycles. The minimum absolute atomic E-state index is 0.0858. The summed E-state index contributed by atoms with van der Waals surface area (Å²) in [5.74, 6) is -0.359. The van der Waals surface area contributed by atoms with Crippen molar-refractivity contribution in [1.82, 2.24) is 29.9 Å². The number of benzene rings is 1. The molecule has 4 rings (SSSR count). The van der Waals surface area contributed by atoms with Gasteiger partial charge in [-0.05, 0) is 36.8 Å². The van der Waals surface area contributed by atoms with Gasteiger partial charge in [0.25, 0.3) is 0 Å². The Bertz CT molecular complexity index is 1200. The number of aromatic amines is 1. The van der Waals surface area contributed by atoms with Crippen LogP contribution in [-0.2, 0) is 4.79 Å². The molecule has 0 aliphatic carbocycles. The molecule has 0 spiro atoms. The van der Waals surface area contributed by atoms with Gasteiger partial charge in [-0.3, -0.25) is 10.1 Å². The predicted molar refractivity (Wildman–Crippen MR) is 112 cm³/mol. The first-order chi connectivity index (χ1) is 14.5. The summed E-state index contributed by atoms with van der Waals surface area (Å²) in [6, 6.07) is 7.62. The minimum atomic E-state index is -0.469. The number of amides is 1. The number of nitrogen functional groups attached to an aromatic ring is 1. The number of hydrogen-bond acceptors (Lipinski definition) is 8. The zero-order chi connectivity index (χ0) is 21.1. The van der Waals surface area contributed by atoms with Gasteiger partial charge in [-0.25, -0.2) is 24.3 Å². The van der Waals surface area contributed by atoms with Gasteiger partial charge in [0.1, 0.15) is 16.4 Å². The lowest BCUT2D eigenvalue weighted by Crippen LogP contribution is -2.25. The van der Waals surface area contributed by atoms with Crippen LogP contribution in [-0.4, -0.2) is 41.1 Å². The number of rotatable bonds is 6. The first kappa shape index (κ1) is 19.7. The Kier molecular flexibility index (Phi) is 5.53. The van der Waals surface area contributed by atoms with E-state index in [1.54, 1.807) is 18.2 Å². The van der Waals surface area contributed by atoms with Crippen LogP contribution in [0.5, 0.6) is 0 Å². The molecular formula is C19H17FN8OS. The van der Waals surface area contributed by atoms with Gasteiger partial charge in [-0.2, -0.15) is 4.98 Å². The Morgan fingerprint density at radius 1 is 1.20 bits per heavy atom.